The third-order valence-electron chi connectivity index (χ3n) is 6.42. The van der Waals surface area contributed by atoms with Crippen LogP contribution in [0.2, 0.25) is 0 Å². The largest absolute Gasteiger partial charge is 0.364 e. The minimum atomic E-state index is -0.646. The Labute approximate surface area is 170 Å². The molecular weight excluding hydrogens is 394 g/mol. The Hall–Kier alpha value is -3.14. The van der Waals surface area contributed by atoms with Gasteiger partial charge >= 0.3 is 0 Å². The standard InChI is InChI=1S/C20H20F2N6O2/c21-11-5-12-13(7-24-17(12)23-6-11)18-25-8-14(22)19(27-18)26-16-10-3-1-9(2-4-10)15(16)20(29)28-30/h5-10,15-16,30H,1-4H2,(H,23,24)(H,28,29)(H,25,26,27)/t9?,10?,15-,16-/m0/s1. The summed E-state index contributed by atoms with van der Waals surface area (Å²) >= 11 is 0. The van der Waals surface area contributed by atoms with Crippen molar-refractivity contribution in [1.29, 1.82) is 0 Å². The molecule has 3 aromatic heterocycles. The number of aromatic nitrogens is 4. The van der Waals surface area contributed by atoms with Gasteiger partial charge in [-0.1, -0.05) is 0 Å². The molecule has 2 bridgehead atoms. The minimum Gasteiger partial charge on any atom is -0.364 e. The van der Waals surface area contributed by atoms with Gasteiger partial charge in [-0.3, -0.25) is 10.0 Å². The molecule has 10 heteroatoms. The van der Waals surface area contributed by atoms with Gasteiger partial charge in [-0.15, -0.1) is 0 Å². The zero-order chi connectivity index (χ0) is 20.8. The Morgan fingerprint density at radius 2 is 1.90 bits per heavy atom. The summed E-state index contributed by atoms with van der Waals surface area (Å²) in [4.78, 5) is 27.6. The number of H-pyrrole nitrogens is 1. The van der Waals surface area contributed by atoms with E-state index in [1.165, 1.54) is 6.07 Å². The lowest BCUT2D eigenvalue weighted by Gasteiger charge is -2.47. The van der Waals surface area contributed by atoms with Crippen LogP contribution in [-0.2, 0) is 4.79 Å². The number of nitrogens with one attached hydrogen (secondary N) is 3. The maximum Gasteiger partial charge on any atom is 0.248 e. The zero-order valence-electron chi connectivity index (χ0n) is 15.9. The van der Waals surface area contributed by atoms with E-state index in [2.05, 4.69) is 25.3 Å². The number of nitrogens with zero attached hydrogens (tertiary/aromatic N) is 3. The molecule has 3 saturated carbocycles. The van der Waals surface area contributed by atoms with Gasteiger partial charge < -0.3 is 10.3 Å². The van der Waals surface area contributed by atoms with E-state index in [-0.39, 0.29) is 29.5 Å². The van der Waals surface area contributed by atoms with Gasteiger partial charge in [-0.05, 0) is 43.6 Å². The zero-order valence-corrected chi connectivity index (χ0v) is 15.9. The van der Waals surface area contributed by atoms with Crippen molar-refractivity contribution in [2.24, 2.45) is 17.8 Å². The SMILES string of the molecule is O=C(NO)[C@H]1C2CCC(CC2)[C@@H]1Nc1nc(-c2c[nH]c3ncc(F)cc23)ncc1F. The maximum absolute atomic E-state index is 14.6. The number of aromatic amines is 1. The summed E-state index contributed by atoms with van der Waals surface area (Å²) in [6, 6.07) is 0.972. The molecule has 2 atom stereocenters. The average Bonchev–Trinajstić information content (AvgIpc) is 3.18. The van der Waals surface area contributed by atoms with E-state index in [4.69, 9.17) is 0 Å². The molecule has 3 heterocycles. The van der Waals surface area contributed by atoms with Crippen molar-refractivity contribution in [3.63, 3.8) is 0 Å². The monoisotopic (exact) mass is 414 g/mol. The fourth-order valence-corrected chi connectivity index (χ4v) is 5.03. The van der Waals surface area contributed by atoms with Gasteiger partial charge in [0, 0.05) is 23.2 Å². The summed E-state index contributed by atoms with van der Waals surface area (Å²) < 4.78 is 28.2. The van der Waals surface area contributed by atoms with Crippen LogP contribution in [0.1, 0.15) is 25.7 Å². The van der Waals surface area contributed by atoms with Crippen LogP contribution in [0.4, 0.5) is 14.6 Å². The second kappa shape index (κ2) is 7.28. The van der Waals surface area contributed by atoms with E-state index >= 15 is 0 Å². The summed E-state index contributed by atoms with van der Waals surface area (Å²) in [5.74, 6) is -1.57. The molecule has 3 aromatic rings. The third kappa shape index (κ3) is 3.07. The molecule has 0 radical (unpaired) electrons. The Kier molecular flexibility index (Phi) is 4.58. The van der Waals surface area contributed by atoms with E-state index in [9.17, 15) is 18.8 Å². The van der Waals surface area contributed by atoms with Crippen molar-refractivity contribution < 1.29 is 18.8 Å². The molecule has 0 aliphatic heterocycles. The van der Waals surface area contributed by atoms with Crippen LogP contribution in [0.5, 0.6) is 0 Å². The second-order valence-electron chi connectivity index (χ2n) is 7.99. The normalized spacial score (nSPS) is 25.4. The number of hydroxylamine groups is 1. The van der Waals surface area contributed by atoms with Gasteiger partial charge in [0.05, 0.1) is 18.3 Å². The highest BCUT2D eigenvalue weighted by atomic mass is 19.1. The molecule has 0 aromatic carbocycles. The Morgan fingerprint density at radius 3 is 2.67 bits per heavy atom. The predicted octanol–water partition coefficient (Wildman–Crippen LogP) is 3.02. The molecule has 3 aliphatic rings. The summed E-state index contributed by atoms with van der Waals surface area (Å²) in [6.45, 7) is 0. The number of hydrogen-bond donors (Lipinski definition) is 4. The first-order valence-corrected chi connectivity index (χ1v) is 9.91. The molecule has 8 nitrogen and oxygen atoms in total. The maximum atomic E-state index is 14.6. The lowest BCUT2D eigenvalue weighted by atomic mass is 9.61. The minimum absolute atomic E-state index is 0.0213. The number of carbonyl (C=O) groups excluding carboxylic acids is 1. The summed E-state index contributed by atoms with van der Waals surface area (Å²) in [6.07, 6.45) is 7.44. The van der Waals surface area contributed by atoms with Gasteiger partial charge in [0.15, 0.2) is 17.5 Å². The van der Waals surface area contributed by atoms with E-state index in [1.54, 1.807) is 11.7 Å². The highest BCUT2D eigenvalue weighted by molar-refractivity contribution is 5.91. The van der Waals surface area contributed by atoms with Crippen molar-refractivity contribution in [1.82, 2.24) is 25.4 Å². The third-order valence-corrected chi connectivity index (χ3v) is 6.42. The molecule has 3 aliphatic carbocycles. The van der Waals surface area contributed by atoms with Gasteiger partial charge in [0.2, 0.25) is 5.91 Å². The molecule has 3 fully saturated rings. The Bertz CT molecular complexity index is 1110. The van der Waals surface area contributed by atoms with Gasteiger partial charge in [-0.2, -0.15) is 0 Å². The number of hydrogen-bond acceptors (Lipinski definition) is 6. The Balaban J connectivity index is 1.50. The smallest absolute Gasteiger partial charge is 0.248 e. The van der Waals surface area contributed by atoms with Gasteiger partial charge in [0.25, 0.3) is 0 Å². The van der Waals surface area contributed by atoms with Crippen molar-refractivity contribution in [3.05, 3.63) is 36.3 Å². The number of anilines is 1. The molecule has 156 valence electrons. The number of carbonyl (C=O) groups is 1. The van der Waals surface area contributed by atoms with Crippen LogP contribution in [0.25, 0.3) is 22.4 Å². The Morgan fingerprint density at radius 1 is 1.13 bits per heavy atom. The first-order chi connectivity index (χ1) is 14.5. The van der Waals surface area contributed by atoms with Crippen LogP contribution in [-0.4, -0.2) is 37.1 Å². The molecule has 1 amide bonds. The first kappa shape index (κ1) is 18.9. The van der Waals surface area contributed by atoms with Crippen LogP contribution >= 0.6 is 0 Å². The molecule has 4 N–H and O–H groups in total. The molecule has 0 unspecified atom stereocenters. The molecule has 6 rings (SSSR count). The number of fused-ring (bicyclic) bond motifs is 4. The van der Waals surface area contributed by atoms with E-state index in [0.29, 0.717) is 16.6 Å². The summed E-state index contributed by atoms with van der Waals surface area (Å²) in [5, 5.41) is 12.8. The molecular formula is C20H20F2N6O2. The number of amides is 1. The molecule has 30 heavy (non-hydrogen) atoms. The van der Waals surface area contributed by atoms with Gasteiger partial charge in [0.1, 0.15) is 11.5 Å². The van der Waals surface area contributed by atoms with E-state index in [0.717, 1.165) is 38.1 Å². The highest BCUT2D eigenvalue weighted by Crippen LogP contribution is 2.46. The van der Waals surface area contributed by atoms with Crippen molar-refractivity contribution in [2.75, 3.05) is 5.32 Å². The first-order valence-electron chi connectivity index (χ1n) is 9.91. The van der Waals surface area contributed by atoms with Crippen molar-refractivity contribution >= 4 is 22.8 Å². The summed E-state index contributed by atoms with van der Waals surface area (Å²) in [5.41, 5.74) is 2.72. The van der Waals surface area contributed by atoms with E-state index in [1.807, 2.05) is 0 Å². The van der Waals surface area contributed by atoms with Crippen molar-refractivity contribution in [3.8, 4) is 11.4 Å². The van der Waals surface area contributed by atoms with Crippen LogP contribution in [0, 0.1) is 29.4 Å². The van der Waals surface area contributed by atoms with Crippen LogP contribution in [0.15, 0.2) is 24.7 Å². The fourth-order valence-electron chi connectivity index (χ4n) is 5.03. The molecule has 0 saturated heterocycles. The second-order valence-corrected chi connectivity index (χ2v) is 7.99. The van der Waals surface area contributed by atoms with Crippen molar-refractivity contribution in [2.45, 2.75) is 31.7 Å². The fraction of sp³-hybridized carbons (Fsp3) is 0.400. The van der Waals surface area contributed by atoms with E-state index < -0.39 is 23.5 Å². The summed E-state index contributed by atoms with van der Waals surface area (Å²) in [7, 11) is 0. The van der Waals surface area contributed by atoms with Crippen LogP contribution in [0.3, 0.4) is 0 Å². The lowest BCUT2D eigenvalue weighted by molar-refractivity contribution is -0.139. The number of rotatable bonds is 4. The predicted molar refractivity (Wildman–Crippen MR) is 103 cm³/mol. The number of pyridine rings is 1. The highest BCUT2D eigenvalue weighted by Gasteiger charge is 2.47. The number of halogens is 2. The quantitative estimate of drug-likeness (QED) is 0.385. The average molecular weight is 414 g/mol. The topological polar surface area (TPSA) is 116 Å². The molecule has 0 spiro atoms. The lowest BCUT2D eigenvalue weighted by Crippen LogP contribution is -2.54. The van der Waals surface area contributed by atoms with Crippen LogP contribution < -0.4 is 10.8 Å². The van der Waals surface area contributed by atoms with Gasteiger partial charge in [-0.25, -0.2) is 29.2 Å².